The van der Waals surface area contributed by atoms with Crippen LogP contribution in [0.3, 0.4) is 0 Å². The molecule has 1 saturated carbocycles. The molecule has 1 aliphatic carbocycles. The minimum Gasteiger partial charge on any atom is -0.456 e. The summed E-state index contributed by atoms with van der Waals surface area (Å²) < 4.78 is 5.07. The number of benzene rings is 1. The Morgan fingerprint density at radius 3 is 2.83 bits per heavy atom. The molecule has 5 heteroatoms. The van der Waals surface area contributed by atoms with Crippen LogP contribution in [0.2, 0.25) is 0 Å². The smallest absolute Gasteiger partial charge is 0.306 e. The molecule has 128 valence electrons. The van der Waals surface area contributed by atoms with Gasteiger partial charge in [0.05, 0.1) is 0 Å². The summed E-state index contributed by atoms with van der Waals surface area (Å²) >= 11 is 0. The quantitative estimate of drug-likeness (QED) is 0.768. The number of H-pyrrole nitrogens is 1. The van der Waals surface area contributed by atoms with E-state index < -0.39 is 0 Å². The van der Waals surface area contributed by atoms with E-state index in [0.717, 1.165) is 24.8 Å². The third-order valence-corrected chi connectivity index (χ3v) is 4.69. The fraction of sp³-hybridized carbons (Fsp3) is 0.474. The topological polar surface area (TPSA) is 71.2 Å². The van der Waals surface area contributed by atoms with Gasteiger partial charge in [-0.1, -0.05) is 31.0 Å². The Kier molecular flexibility index (Phi) is 5.51. The molecule has 1 aromatic heterocycles. The molecule has 1 fully saturated rings. The first-order valence-electron chi connectivity index (χ1n) is 8.69. The van der Waals surface area contributed by atoms with Crippen molar-refractivity contribution in [1.29, 1.82) is 0 Å². The van der Waals surface area contributed by atoms with Crippen molar-refractivity contribution < 1.29 is 14.3 Å². The largest absolute Gasteiger partial charge is 0.456 e. The second kappa shape index (κ2) is 7.99. The minimum atomic E-state index is -0.256. The lowest BCUT2D eigenvalue weighted by atomic mass is 10.1. The zero-order valence-corrected chi connectivity index (χ0v) is 13.8. The van der Waals surface area contributed by atoms with E-state index in [0.29, 0.717) is 18.9 Å². The minimum absolute atomic E-state index is 0.181. The van der Waals surface area contributed by atoms with Crippen LogP contribution in [-0.4, -0.2) is 30.0 Å². The molecule has 1 aliphatic rings. The van der Waals surface area contributed by atoms with E-state index in [9.17, 15) is 9.59 Å². The van der Waals surface area contributed by atoms with E-state index >= 15 is 0 Å². The van der Waals surface area contributed by atoms with Crippen LogP contribution in [0.25, 0.3) is 10.9 Å². The number of rotatable bonds is 7. The number of hydrogen-bond acceptors (Lipinski definition) is 3. The van der Waals surface area contributed by atoms with Crippen LogP contribution in [0.15, 0.2) is 30.5 Å². The summed E-state index contributed by atoms with van der Waals surface area (Å²) in [4.78, 5) is 26.7. The summed E-state index contributed by atoms with van der Waals surface area (Å²) in [6.07, 6.45) is 7.77. The Labute approximate surface area is 141 Å². The van der Waals surface area contributed by atoms with Crippen molar-refractivity contribution in [3.05, 3.63) is 36.0 Å². The molecule has 3 rings (SSSR count). The molecule has 5 nitrogen and oxygen atoms in total. The fourth-order valence-electron chi connectivity index (χ4n) is 3.38. The summed E-state index contributed by atoms with van der Waals surface area (Å²) in [5.74, 6) is -0.0503. The summed E-state index contributed by atoms with van der Waals surface area (Å²) in [5, 5.41) is 3.98. The Morgan fingerprint density at radius 1 is 1.21 bits per heavy atom. The van der Waals surface area contributed by atoms with Gasteiger partial charge in [0.1, 0.15) is 0 Å². The van der Waals surface area contributed by atoms with Crippen LogP contribution in [0.5, 0.6) is 0 Å². The van der Waals surface area contributed by atoms with Crippen LogP contribution in [-0.2, 0) is 20.7 Å². The highest BCUT2D eigenvalue weighted by atomic mass is 16.5. The van der Waals surface area contributed by atoms with E-state index in [1.807, 2.05) is 24.4 Å². The second-order valence-corrected chi connectivity index (χ2v) is 6.47. The summed E-state index contributed by atoms with van der Waals surface area (Å²) in [6.45, 7) is 0.348. The van der Waals surface area contributed by atoms with Crippen molar-refractivity contribution in [2.45, 2.75) is 38.5 Å². The van der Waals surface area contributed by atoms with Gasteiger partial charge in [-0.3, -0.25) is 9.59 Å². The lowest BCUT2D eigenvalue weighted by molar-refractivity contribution is -0.149. The number of para-hydroxylation sites is 1. The van der Waals surface area contributed by atoms with Gasteiger partial charge in [-0.05, 0) is 36.8 Å². The number of fused-ring (bicyclic) bond motifs is 1. The number of hydrogen-bond donors (Lipinski definition) is 2. The first-order chi connectivity index (χ1) is 11.7. The first-order valence-corrected chi connectivity index (χ1v) is 8.69. The highest BCUT2D eigenvalue weighted by molar-refractivity contribution is 5.83. The fourth-order valence-corrected chi connectivity index (χ4v) is 3.38. The van der Waals surface area contributed by atoms with Gasteiger partial charge in [0, 0.05) is 30.1 Å². The van der Waals surface area contributed by atoms with Crippen molar-refractivity contribution in [3.8, 4) is 0 Å². The molecule has 1 aromatic carbocycles. The van der Waals surface area contributed by atoms with Gasteiger partial charge >= 0.3 is 5.97 Å². The maximum absolute atomic E-state index is 11.8. The van der Waals surface area contributed by atoms with Crippen molar-refractivity contribution in [3.63, 3.8) is 0 Å². The molecular weight excluding hydrogens is 304 g/mol. The molecule has 0 bridgehead atoms. The van der Waals surface area contributed by atoms with E-state index in [2.05, 4.69) is 16.4 Å². The van der Waals surface area contributed by atoms with Gasteiger partial charge in [0.2, 0.25) is 0 Å². The van der Waals surface area contributed by atoms with Gasteiger partial charge in [-0.2, -0.15) is 0 Å². The normalized spacial score (nSPS) is 14.8. The Hall–Kier alpha value is -2.30. The molecule has 0 radical (unpaired) electrons. The Bertz CT molecular complexity index is 701. The molecule has 1 amide bonds. The number of amides is 1. The molecule has 2 aromatic rings. The average Bonchev–Trinajstić information content (AvgIpc) is 3.23. The summed E-state index contributed by atoms with van der Waals surface area (Å²) in [7, 11) is 0. The zero-order valence-electron chi connectivity index (χ0n) is 13.8. The number of carbonyl (C=O) groups excluding carboxylic acids is 2. The number of aromatic nitrogens is 1. The number of carbonyl (C=O) groups is 2. The van der Waals surface area contributed by atoms with Crippen LogP contribution in [0.1, 0.15) is 37.7 Å². The van der Waals surface area contributed by atoms with Gasteiger partial charge in [-0.15, -0.1) is 0 Å². The lowest BCUT2D eigenvalue weighted by Crippen LogP contribution is -2.30. The summed E-state index contributed by atoms with van der Waals surface area (Å²) in [5.41, 5.74) is 2.27. The standard InChI is InChI=1S/C19H24N2O3/c22-18(13-24-19(23)11-14-5-1-2-6-14)20-10-9-15-12-21-17-8-4-3-7-16(15)17/h3-4,7-8,12,14,21H,1-2,5-6,9-11,13H2,(H,20,22). The van der Waals surface area contributed by atoms with E-state index in [-0.39, 0.29) is 18.5 Å². The SMILES string of the molecule is O=C(COC(=O)CC1CCCC1)NCCc1c[nH]c2ccccc12. The maximum Gasteiger partial charge on any atom is 0.306 e. The molecule has 0 aliphatic heterocycles. The monoisotopic (exact) mass is 328 g/mol. The highest BCUT2D eigenvalue weighted by Gasteiger charge is 2.19. The molecule has 24 heavy (non-hydrogen) atoms. The van der Waals surface area contributed by atoms with Crippen LogP contribution < -0.4 is 5.32 Å². The predicted molar refractivity (Wildman–Crippen MR) is 92.5 cm³/mol. The average molecular weight is 328 g/mol. The number of aromatic amines is 1. The van der Waals surface area contributed by atoms with E-state index in [1.165, 1.54) is 23.8 Å². The molecular formula is C19H24N2O3. The molecule has 0 saturated heterocycles. The van der Waals surface area contributed by atoms with Crippen molar-refractivity contribution in [2.24, 2.45) is 5.92 Å². The second-order valence-electron chi connectivity index (χ2n) is 6.47. The van der Waals surface area contributed by atoms with Crippen LogP contribution in [0, 0.1) is 5.92 Å². The summed E-state index contributed by atoms with van der Waals surface area (Å²) in [6, 6.07) is 8.08. The molecule has 0 unspecified atom stereocenters. The zero-order chi connectivity index (χ0) is 16.8. The first kappa shape index (κ1) is 16.6. The third-order valence-electron chi connectivity index (χ3n) is 4.69. The van der Waals surface area contributed by atoms with Crippen molar-refractivity contribution in [2.75, 3.05) is 13.2 Å². The van der Waals surface area contributed by atoms with Crippen molar-refractivity contribution in [1.82, 2.24) is 10.3 Å². The van der Waals surface area contributed by atoms with Crippen LogP contribution in [0.4, 0.5) is 0 Å². The van der Waals surface area contributed by atoms with Crippen LogP contribution >= 0.6 is 0 Å². The van der Waals surface area contributed by atoms with E-state index in [4.69, 9.17) is 4.74 Å². The number of nitrogens with one attached hydrogen (secondary N) is 2. The Morgan fingerprint density at radius 2 is 2.00 bits per heavy atom. The van der Waals surface area contributed by atoms with Gasteiger partial charge in [-0.25, -0.2) is 0 Å². The third kappa shape index (κ3) is 4.37. The number of esters is 1. The molecule has 0 atom stereocenters. The molecule has 0 spiro atoms. The maximum atomic E-state index is 11.8. The molecule has 1 heterocycles. The van der Waals surface area contributed by atoms with Gasteiger partial charge in [0.15, 0.2) is 6.61 Å². The molecule has 2 N–H and O–H groups in total. The number of ether oxygens (including phenoxy) is 1. The van der Waals surface area contributed by atoms with Gasteiger partial charge < -0.3 is 15.0 Å². The Balaban J connectivity index is 1.35. The lowest BCUT2D eigenvalue weighted by Gasteiger charge is -2.09. The predicted octanol–water partition coefficient (Wildman–Crippen LogP) is 2.95. The van der Waals surface area contributed by atoms with E-state index in [1.54, 1.807) is 0 Å². The van der Waals surface area contributed by atoms with Gasteiger partial charge in [0.25, 0.3) is 5.91 Å². The van der Waals surface area contributed by atoms with Crippen molar-refractivity contribution >= 4 is 22.8 Å². The highest BCUT2D eigenvalue weighted by Crippen LogP contribution is 2.27.